The first kappa shape index (κ1) is 23.5. The van der Waals surface area contributed by atoms with Gasteiger partial charge in [0.25, 0.3) is 0 Å². The Kier molecular flexibility index (Phi) is 6.42. The Morgan fingerprint density at radius 3 is 2.19 bits per heavy atom. The summed E-state index contributed by atoms with van der Waals surface area (Å²) in [5.41, 5.74) is 5.43. The number of rotatable bonds is 6. The van der Waals surface area contributed by atoms with Crippen molar-refractivity contribution in [2.75, 3.05) is 21.3 Å². The SMILES string of the molecule is COc1cc2c(c(OC)c1OC)[C@H](c1ccccc1)N(Cc1ccccc1)C1=C(C)C(=O)O[C@@H]1/C=C\2. The maximum atomic E-state index is 12.8. The molecular formula is C30H29NO5. The normalized spacial score (nSPS) is 19.6. The van der Waals surface area contributed by atoms with Crippen LogP contribution in [0.2, 0.25) is 0 Å². The van der Waals surface area contributed by atoms with Gasteiger partial charge in [-0.15, -0.1) is 0 Å². The van der Waals surface area contributed by atoms with Gasteiger partial charge in [0.1, 0.15) is 0 Å². The number of ether oxygens (including phenoxy) is 4. The molecule has 5 rings (SSSR count). The molecule has 3 aromatic carbocycles. The molecule has 0 saturated heterocycles. The van der Waals surface area contributed by atoms with Crippen LogP contribution in [0.3, 0.4) is 0 Å². The Morgan fingerprint density at radius 1 is 0.889 bits per heavy atom. The van der Waals surface area contributed by atoms with E-state index in [1.165, 1.54) is 0 Å². The van der Waals surface area contributed by atoms with Crippen LogP contribution in [0.15, 0.2) is 84.1 Å². The van der Waals surface area contributed by atoms with Crippen molar-refractivity contribution < 1.29 is 23.7 Å². The van der Waals surface area contributed by atoms with Gasteiger partial charge in [-0.25, -0.2) is 4.79 Å². The van der Waals surface area contributed by atoms with Gasteiger partial charge in [0.2, 0.25) is 5.75 Å². The van der Waals surface area contributed by atoms with Crippen molar-refractivity contribution in [2.45, 2.75) is 25.6 Å². The minimum absolute atomic E-state index is 0.303. The van der Waals surface area contributed by atoms with Gasteiger partial charge >= 0.3 is 5.97 Å². The highest BCUT2D eigenvalue weighted by atomic mass is 16.6. The lowest BCUT2D eigenvalue weighted by molar-refractivity contribution is -0.138. The lowest BCUT2D eigenvalue weighted by Gasteiger charge is -2.39. The van der Waals surface area contributed by atoms with E-state index in [9.17, 15) is 4.79 Å². The Balaban J connectivity index is 1.85. The number of carbonyl (C=O) groups is 1. The second-order valence-electron chi connectivity index (χ2n) is 8.77. The fourth-order valence-electron chi connectivity index (χ4n) is 5.13. The highest BCUT2D eigenvalue weighted by Gasteiger charge is 2.41. The molecule has 0 aromatic heterocycles. The van der Waals surface area contributed by atoms with Crippen LogP contribution in [-0.4, -0.2) is 38.3 Å². The zero-order valence-corrected chi connectivity index (χ0v) is 20.9. The fourth-order valence-corrected chi connectivity index (χ4v) is 5.13. The molecule has 0 amide bonds. The van der Waals surface area contributed by atoms with E-state index >= 15 is 0 Å². The topological polar surface area (TPSA) is 57.2 Å². The number of fused-ring (bicyclic) bond motifs is 2. The summed E-state index contributed by atoms with van der Waals surface area (Å²) >= 11 is 0. The van der Waals surface area contributed by atoms with Crippen LogP contribution < -0.4 is 14.2 Å². The number of methoxy groups -OCH3 is 3. The number of nitrogens with zero attached hydrogens (tertiary/aromatic N) is 1. The summed E-state index contributed by atoms with van der Waals surface area (Å²) in [6.07, 6.45) is 3.40. The summed E-state index contributed by atoms with van der Waals surface area (Å²) in [7, 11) is 4.85. The van der Waals surface area contributed by atoms with E-state index < -0.39 is 6.10 Å². The molecule has 3 aromatic rings. The number of hydrogen-bond donors (Lipinski definition) is 0. The molecule has 6 heteroatoms. The minimum Gasteiger partial charge on any atom is -0.493 e. The zero-order valence-electron chi connectivity index (χ0n) is 20.9. The number of esters is 1. The molecule has 2 aliphatic rings. The third-order valence-corrected chi connectivity index (χ3v) is 6.75. The molecule has 0 fully saturated rings. The van der Waals surface area contributed by atoms with Crippen LogP contribution in [0.25, 0.3) is 6.08 Å². The quantitative estimate of drug-likeness (QED) is 0.430. The van der Waals surface area contributed by atoms with E-state index in [2.05, 4.69) is 29.2 Å². The number of hydrogen-bond acceptors (Lipinski definition) is 6. The molecule has 0 radical (unpaired) electrons. The van der Waals surface area contributed by atoms with Gasteiger partial charge in [-0.1, -0.05) is 66.7 Å². The van der Waals surface area contributed by atoms with E-state index in [0.717, 1.165) is 28.0 Å². The molecule has 0 aliphatic carbocycles. The summed E-state index contributed by atoms with van der Waals surface area (Å²) < 4.78 is 23.2. The van der Waals surface area contributed by atoms with Crippen LogP contribution in [0.5, 0.6) is 17.2 Å². The largest absolute Gasteiger partial charge is 0.493 e. The lowest BCUT2D eigenvalue weighted by atomic mass is 9.88. The third-order valence-electron chi connectivity index (χ3n) is 6.75. The van der Waals surface area contributed by atoms with E-state index in [4.69, 9.17) is 18.9 Å². The Bertz CT molecular complexity index is 1330. The van der Waals surface area contributed by atoms with Gasteiger partial charge in [0.15, 0.2) is 17.6 Å². The molecule has 6 nitrogen and oxygen atoms in total. The van der Waals surface area contributed by atoms with Crippen molar-refractivity contribution in [2.24, 2.45) is 0 Å². The predicted molar refractivity (Wildman–Crippen MR) is 138 cm³/mol. The minimum atomic E-state index is -0.500. The molecule has 0 saturated carbocycles. The maximum absolute atomic E-state index is 12.8. The highest BCUT2D eigenvalue weighted by Crippen LogP contribution is 2.50. The Morgan fingerprint density at radius 2 is 1.56 bits per heavy atom. The van der Waals surface area contributed by atoms with Crippen molar-refractivity contribution >= 4 is 12.0 Å². The molecule has 2 heterocycles. The average Bonchev–Trinajstić information content (AvgIpc) is 3.19. The smallest absolute Gasteiger partial charge is 0.336 e. The molecule has 0 unspecified atom stereocenters. The number of benzene rings is 3. The van der Waals surface area contributed by atoms with Gasteiger partial charge < -0.3 is 23.8 Å². The second kappa shape index (κ2) is 9.82. The number of carbonyl (C=O) groups excluding carboxylic acids is 1. The van der Waals surface area contributed by atoms with Gasteiger partial charge in [-0.3, -0.25) is 0 Å². The van der Waals surface area contributed by atoms with Crippen molar-refractivity contribution in [3.63, 3.8) is 0 Å². The van der Waals surface area contributed by atoms with Crippen LogP contribution >= 0.6 is 0 Å². The van der Waals surface area contributed by atoms with Crippen LogP contribution in [-0.2, 0) is 16.1 Å². The monoisotopic (exact) mass is 483 g/mol. The predicted octanol–water partition coefficient (Wildman–Crippen LogP) is 5.53. The van der Waals surface area contributed by atoms with Crippen LogP contribution in [0.1, 0.15) is 35.2 Å². The van der Waals surface area contributed by atoms with Crippen molar-refractivity contribution in [1.29, 1.82) is 0 Å². The zero-order chi connectivity index (χ0) is 25.2. The lowest BCUT2D eigenvalue weighted by Crippen LogP contribution is -2.34. The second-order valence-corrected chi connectivity index (χ2v) is 8.77. The molecule has 0 N–H and O–H groups in total. The Hall–Kier alpha value is -4.19. The third kappa shape index (κ3) is 3.98. The maximum Gasteiger partial charge on any atom is 0.336 e. The summed E-state index contributed by atoms with van der Waals surface area (Å²) in [5, 5.41) is 0. The summed E-state index contributed by atoms with van der Waals surface area (Å²) in [6.45, 7) is 2.39. The van der Waals surface area contributed by atoms with Crippen molar-refractivity contribution in [1.82, 2.24) is 4.90 Å². The fraction of sp³-hybridized carbons (Fsp3) is 0.233. The summed E-state index contributed by atoms with van der Waals surface area (Å²) in [6, 6.07) is 22.1. The van der Waals surface area contributed by atoms with E-state index in [0.29, 0.717) is 29.4 Å². The molecule has 0 bridgehead atoms. The molecular weight excluding hydrogens is 454 g/mol. The summed E-state index contributed by atoms with van der Waals surface area (Å²) in [5.74, 6) is 1.37. The van der Waals surface area contributed by atoms with E-state index in [1.54, 1.807) is 21.3 Å². The van der Waals surface area contributed by atoms with Gasteiger partial charge in [-0.05, 0) is 35.8 Å². The van der Waals surface area contributed by atoms with Crippen molar-refractivity contribution in [3.05, 3.63) is 106 Å². The standard InChI is InChI=1S/C30H29NO5/c1-19-26-23(36-30(19)32)16-15-22-17-24(33-2)28(34-3)29(35-4)25(22)27(21-13-9-6-10-14-21)31(26)18-20-11-7-5-8-12-20/h5-17,23,27H,18H2,1-4H3/b16-15-/t23-,27+/m1/s1. The van der Waals surface area contributed by atoms with E-state index in [-0.39, 0.29) is 12.0 Å². The van der Waals surface area contributed by atoms with Crippen LogP contribution in [0, 0.1) is 0 Å². The van der Waals surface area contributed by atoms with Gasteiger partial charge in [-0.2, -0.15) is 0 Å². The van der Waals surface area contributed by atoms with Crippen molar-refractivity contribution in [3.8, 4) is 17.2 Å². The molecule has 2 atom stereocenters. The van der Waals surface area contributed by atoms with Gasteiger partial charge in [0, 0.05) is 12.1 Å². The molecule has 184 valence electrons. The molecule has 36 heavy (non-hydrogen) atoms. The first-order valence-electron chi connectivity index (χ1n) is 11.9. The van der Waals surface area contributed by atoms with E-state index in [1.807, 2.05) is 61.5 Å². The Labute approximate surface area is 211 Å². The molecule has 0 spiro atoms. The summed E-state index contributed by atoms with van der Waals surface area (Å²) in [4.78, 5) is 15.1. The first-order chi connectivity index (χ1) is 17.6. The molecule has 2 aliphatic heterocycles. The van der Waals surface area contributed by atoms with Gasteiger partial charge in [0.05, 0.1) is 38.6 Å². The first-order valence-corrected chi connectivity index (χ1v) is 11.9. The average molecular weight is 484 g/mol. The van der Waals surface area contributed by atoms with Crippen LogP contribution in [0.4, 0.5) is 0 Å². The highest BCUT2D eigenvalue weighted by molar-refractivity contribution is 5.92.